The van der Waals surface area contributed by atoms with Gasteiger partial charge in [0.2, 0.25) is 0 Å². The lowest BCUT2D eigenvalue weighted by Gasteiger charge is -2.01. The Labute approximate surface area is 86.8 Å². The van der Waals surface area contributed by atoms with E-state index < -0.39 is 0 Å². The summed E-state index contributed by atoms with van der Waals surface area (Å²) < 4.78 is 0. The van der Waals surface area contributed by atoms with Crippen LogP contribution in [0, 0.1) is 0 Å². The molecule has 74 valence electrons. The van der Waals surface area contributed by atoms with Crippen molar-refractivity contribution in [2.45, 2.75) is 33.1 Å². The topological polar surface area (TPSA) is 26.0 Å². The molecule has 0 aliphatic carbocycles. The smallest absolute Gasteiger partial charge is 0.0443 e. The molecule has 0 fully saturated rings. The fraction of sp³-hybridized carbons (Fsp3) is 0.455. The highest BCUT2D eigenvalue weighted by atomic mass is 32.1. The van der Waals surface area contributed by atoms with Gasteiger partial charge in [-0.3, -0.25) is 0 Å². The van der Waals surface area contributed by atoms with Crippen molar-refractivity contribution in [3.63, 3.8) is 0 Å². The summed E-state index contributed by atoms with van der Waals surface area (Å²) in [5.74, 6) is 0. The van der Waals surface area contributed by atoms with E-state index in [9.17, 15) is 0 Å². The average Bonchev–Trinajstić information content (AvgIpc) is 2.13. The molecule has 2 N–H and O–H groups in total. The molecule has 0 radical (unpaired) electrons. The number of thiol groups is 1. The molecule has 0 aromatic rings. The van der Waals surface area contributed by atoms with Crippen molar-refractivity contribution in [1.29, 1.82) is 0 Å². The Morgan fingerprint density at radius 3 is 2.62 bits per heavy atom. The van der Waals surface area contributed by atoms with E-state index in [-0.39, 0.29) is 0 Å². The summed E-state index contributed by atoms with van der Waals surface area (Å²) in [5, 5.41) is 0. The minimum atomic E-state index is 0.638. The predicted octanol–water partition coefficient (Wildman–Crippen LogP) is 3.41. The molecule has 0 saturated heterocycles. The lowest BCUT2D eigenvalue weighted by Crippen LogP contribution is -1.94. The molecule has 0 heterocycles. The minimum absolute atomic E-state index is 0.638. The van der Waals surface area contributed by atoms with Gasteiger partial charge in [-0.1, -0.05) is 25.5 Å². The van der Waals surface area contributed by atoms with Crippen LogP contribution in [0.5, 0.6) is 0 Å². The number of unbranched alkanes of at least 4 members (excludes halogenated alkanes) is 1. The number of hydrogen-bond donors (Lipinski definition) is 2. The zero-order valence-corrected chi connectivity index (χ0v) is 9.40. The molecule has 0 saturated carbocycles. The average molecular weight is 197 g/mol. The van der Waals surface area contributed by atoms with Crippen molar-refractivity contribution in [2.75, 3.05) is 0 Å². The van der Waals surface area contributed by atoms with Gasteiger partial charge in [0.1, 0.15) is 0 Å². The van der Waals surface area contributed by atoms with Crippen LogP contribution >= 0.6 is 12.6 Å². The Balaban J connectivity index is 4.29. The van der Waals surface area contributed by atoms with E-state index in [1.54, 1.807) is 6.08 Å². The van der Waals surface area contributed by atoms with Crippen LogP contribution in [0.25, 0.3) is 0 Å². The molecule has 2 heteroatoms. The molecule has 0 atom stereocenters. The van der Waals surface area contributed by atoms with Gasteiger partial charge in [-0.2, -0.15) is 0 Å². The van der Waals surface area contributed by atoms with Crippen molar-refractivity contribution in [3.8, 4) is 0 Å². The van der Waals surface area contributed by atoms with Gasteiger partial charge in [0.25, 0.3) is 0 Å². The highest BCUT2D eigenvalue weighted by Crippen LogP contribution is 2.14. The summed E-state index contributed by atoms with van der Waals surface area (Å²) in [6, 6.07) is 0. The molecule has 0 aliphatic heterocycles. The van der Waals surface area contributed by atoms with Gasteiger partial charge in [-0.05, 0) is 31.9 Å². The van der Waals surface area contributed by atoms with Crippen LogP contribution in [0.4, 0.5) is 0 Å². The fourth-order valence-electron chi connectivity index (χ4n) is 0.949. The van der Waals surface area contributed by atoms with Crippen molar-refractivity contribution in [2.24, 2.45) is 5.73 Å². The third-order valence-corrected chi connectivity index (χ3v) is 2.21. The minimum Gasteiger partial charge on any atom is -0.398 e. The summed E-state index contributed by atoms with van der Waals surface area (Å²) >= 11 is 4.27. The van der Waals surface area contributed by atoms with E-state index in [0.29, 0.717) is 5.70 Å². The summed E-state index contributed by atoms with van der Waals surface area (Å²) in [6.45, 7) is 7.87. The summed E-state index contributed by atoms with van der Waals surface area (Å²) in [7, 11) is 0. The number of rotatable bonds is 5. The molecule has 0 rings (SSSR count). The van der Waals surface area contributed by atoms with E-state index in [0.717, 1.165) is 11.3 Å². The number of nitrogens with two attached hydrogens (primary N) is 1. The molecule has 0 amide bonds. The second-order valence-corrected chi connectivity index (χ2v) is 3.62. The monoisotopic (exact) mass is 197 g/mol. The number of allylic oxidation sites excluding steroid dienone is 3. The van der Waals surface area contributed by atoms with Crippen molar-refractivity contribution in [3.05, 3.63) is 34.9 Å². The first-order valence-electron chi connectivity index (χ1n) is 4.60. The van der Waals surface area contributed by atoms with Gasteiger partial charge < -0.3 is 5.73 Å². The third-order valence-electron chi connectivity index (χ3n) is 1.82. The van der Waals surface area contributed by atoms with Crippen LogP contribution in [0.15, 0.2) is 34.9 Å². The van der Waals surface area contributed by atoms with Crippen LogP contribution in [-0.4, -0.2) is 0 Å². The molecule has 0 aromatic carbocycles. The molecule has 0 unspecified atom stereocenters. The maximum absolute atomic E-state index is 5.63. The van der Waals surface area contributed by atoms with Gasteiger partial charge in [0.15, 0.2) is 0 Å². The lowest BCUT2D eigenvalue weighted by atomic mass is 10.1. The van der Waals surface area contributed by atoms with Crippen LogP contribution < -0.4 is 5.73 Å². The molecule has 1 nitrogen and oxygen atoms in total. The molecule has 0 spiro atoms. The van der Waals surface area contributed by atoms with Crippen LogP contribution in [0.1, 0.15) is 33.1 Å². The number of hydrogen-bond acceptors (Lipinski definition) is 2. The SMILES string of the molecule is C=C/C(N)=C(S)\C=C(/C)CCCC. The van der Waals surface area contributed by atoms with Crippen molar-refractivity contribution >= 4 is 12.6 Å². The standard InChI is InChI=1S/C11H19NS/c1-4-6-7-9(3)8-11(13)10(12)5-2/h5,8,13H,2,4,6-7,12H2,1,3H3/b9-8+,11-10-. The second kappa shape index (κ2) is 6.84. The first kappa shape index (κ1) is 12.4. The van der Waals surface area contributed by atoms with Crippen LogP contribution in [-0.2, 0) is 0 Å². The Kier molecular flexibility index (Phi) is 6.51. The summed E-state index contributed by atoms with van der Waals surface area (Å²) in [6.07, 6.45) is 7.18. The van der Waals surface area contributed by atoms with E-state index >= 15 is 0 Å². The second-order valence-electron chi connectivity index (χ2n) is 3.14. The maximum Gasteiger partial charge on any atom is 0.0443 e. The Hall–Kier alpha value is -0.630. The highest BCUT2D eigenvalue weighted by Gasteiger charge is 1.93. The van der Waals surface area contributed by atoms with Crippen LogP contribution in [0.2, 0.25) is 0 Å². The molecular formula is C11H19NS. The predicted molar refractivity (Wildman–Crippen MR) is 63.7 cm³/mol. The van der Waals surface area contributed by atoms with Crippen molar-refractivity contribution < 1.29 is 0 Å². The van der Waals surface area contributed by atoms with Gasteiger partial charge in [0, 0.05) is 10.6 Å². The van der Waals surface area contributed by atoms with E-state index in [4.69, 9.17) is 5.73 Å². The Morgan fingerprint density at radius 2 is 2.15 bits per heavy atom. The molecule has 0 aliphatic rings. The molecule has 0 bridgehead atoms. The molecular weight excluding hydrogens is 178 g/mol. The quantitative estimate of drug-likeness (QED) is 0.512. The van der Waals surface area contributed by atoms with Gasteiger partial charge in [0.05, 0.1) is 0 Å². The van der Waals surface area contributed by atoms with Gasteiger partial charge >= 0.3 is 0 Å². The van der Waals surface area contributed by atoms with E-state index in [1.165, 1.54) is 18.4 Å². The van der Waals surface area contributed by atoms with Gasteiger partial charge in [-0.15, -0.1) is 12.6 Å². The van der Waals surface area contributed by atoms with Gasteiger partial charge in [-0.25, -0.2) is 0 Å². The highest BCUT2D eigenvalue weighted by molar-refractivity contribution is 7.84. The van der Waals surface area contributed by atoms with E-state index in [2.05, 4.69) is 33.1 Å². The summed E-state index contributed by atoms with van der Waals surface area (Å²) in [5.41, 5.74) is 7.59. The summed E-state index contributed by atoms with van der Waals surface area (Å²) in [4.78, 5) is 0.809. The molecule has 13 heavy (non-hydrogen) atoms. The zero-order chi connectivity index (χ0) is 10.3. The first-order valence-corrected chi connectivity index (χ1v) is 5.04. The molecule has 0 aromatic heterocycles. The normalized spacial score (nSPS) is 13.9. The van der Waals surface area contributed by atoms with Crippen molar-refractivity contribution in [1.82, 2.24) is 0 Å². The maximum atomic E-state index is 5.63. The third kappa shape index (κ3) is 5.58. The largest absolute Gasteiger partial charge is 0.398 e. The Morgan fingerprint density at radius 1 is 1.54 bits per heavy atom. The first-order chi connectivity index (χ1) is 6.11. The van der Waals surface area contributed by atoms with Crippen LogP contribution in [0.3, 0.4) is 0 Å². The lowest BCUT2D eigenvalue weighted by molar-refractivity contribution is 0.787. The Bertz CT molecular complexity index is 226. The van der Waals surface area contributed by atoms with E-state index in [1.807, 2.05) is 6.08 Å². The fourth-order valence-corrected chi connectivity index (χ4v) is 1.26. The zero-order valence-electron chi connectivity index (χ0n) is 8.51.